The van der Waals surface area contributed by atoms with E-state index in [4.69, 9.17) is 0 Å². The fourth-order valence-corrected chi connectivity index (χ4v) is 2.07. The van der Waals surface area contributed by atoms with Gasteiger partial charge >= 0.3 is 0 Å². The zero-order chi connectivity index (χ0) is 14.6. The number of hydrogen-bond donors (Lipinski definition) is 2. The summed E-state index contributed by atoms with van der Waals surface area (Å²) in [7, 11) is 1.89. The SMILES string of the molecule is Cc1ccc(C(O)CCN(C)CC(C)(C)O)cc1F. The molecule has 2 N–H and O–H groups in total. The number of nitrogens with zero attached hydrogens (tertiary/aromatic N) is 1. The van der Waals surface area contributed by atoms with Crippen LogP contribution >= 0.6 is 0 Å². The molecule has 1 aromatic rings. The molecule has 0 saturated heterocycles. The average molecular weight is 269 g/mol. The number of rotatable bonds is 6. The Labute approximate surface area is 114 Å². The maximum absolute atomic E-state index is 13.4. The molecule has 0 radical (unpaired) electrons. The van der Waals surface area contributed by atoms with Crippen LogP contribution in [-0.4, -0.2) is 40.9 Å². The first-order valence-corrected chi connectivity index (χ1v) is 6.54. The first-order chi connectivity index (χ1) is 8.69. The number of hydrogen-bond acceptors (Lipinski definition) is 3. The van der Waals surface area contributed by atoms with Crippen LogP contribution < -0.4 is 0 Å². The van der Waals surface area contributed by atoms with Crippen molar-refractivity contribution in [2.45, 2.75) is 38.9 Å². The van der Waals surface area contributed by atoms with E-state index in [1.54, 1.807) is 32.9 Å². The Kier molecular flexibility index (Phi) is 5.47. The van der Waals surface area contributed by atoms with Crippen LogP contribution in [0.15, 0.2) is 18.2 Å². The minimum atomic E-state index is -0.754. The number of aryl methyl sites for hydroxylation is 1. The van der Waals surface area contributed by atoms with E-state index in [0.717, 1.165) is 0 Å². The molecule has 0 bridgehead atoms. The number of halogens is 1. The zero-order valence-electron chi connectivity index (χ0n) is 12.2. The van der Waals surface area contributed by atoms with Gasteiger partial charge in [0.05, 0.1) is 11.7 Å². The van der Waals surface area contributed by atoms with E-state index < -0.39 is 11.7 Å². The highest BCUT2D eigenvalue weighted by molar-refractivity contribution is 5.24. The van der Waals surface area contributed by atoms with Crippen molar-refractivity contribution < 1.29 is 14.6 Å². The van der Waals surface area contributed by atoms with Gasteiger partial charge in [-0.2, -0.15) is 0 Å². The fourth-order valence-electron chi connectivity index (χ4n) is 2.07. The largest absolute Gasteiger partial charge is 0.389 e. The molecule has 19 heavy (non-hydrogen) atoms. The topological polar surface area (TPSA) is 43.7 Å². The maximum Gasteiger partial charge on any atom is 0.126 e. The van der Waals surface area contributed by atoms with Crippen LogP contribution in [0.25, 0.3) is 0 Å². The van der Waals surface area contributed by atoms with E-state index in [1.807, 2.05) is 11.9 Å². The van der Waals surface area contributed by atoms with Gasteiger partial charge in [-0.25, -0.2) is 4.39 Å². The molecule has 1 atom stereocenters. The molecule has 0 fully saturated rings. The monoisotopic (exact) mass is 269 g/mol. The molecule has 0 saturated carbocycles. The second-order valence-electron chi connectivity index (χ2n) is 5.86. The third kappa shape index (κ3) is 5.68. The van der Waals surface area contributed by atoms with Crippen LogP contribution in [0.4, 0.5) is 4.39 Å². The van der Waals surface area contributed by atoms with Gasteiger partial charge in [0.1, 0.15) is 5.82 Å². The van der Waals surface area contributed by atoms with Crippen molar-refractivity contribution in [1.82, 2.24) is 4.90 Å². The second-order valence-corrected chi connectivity index (χ2v) is 5.86. The van der Waals surface area contributed by atoms with E-state index in [-0.39, 0.29) is 5.82 Å². The van der Waals surface area contributed by atoms with Gasteiger partial charge < -0.3 is 15.1 Å². The minimum Gasteiger partial charge on any atom is -0.389 e. The van der Waals surface area contributed by atoms with Crippen molar-refractivity contribution in [1.29, 1.82) is 0 Å². The van der Waals surface area contributed by atoms with Crippen LogP contribution in [-0.2, 0) is 0 Å². The summed E-state index contributed by atoms with van der Waals surface area (Å²) in [4.78, 5) is 1.95. The Balaban J connectivity index is 2.51. The molecule has 1 rings (SSSR count). The molecule has 3 nitrogen and oxygen atoms in total. The predicted molar refractivity (Wildman–Crippen MR) is 74.5 cm³/mol. The minimum absolute atomic E-state index is 0.290. The molecule has 0 aromatic heterocycles. The molecule has 1 aromatic carbocycles. The molecule has 0 amide bonds. The first kappa shape index (κ1) is 16.1. The normalized spacial score (nSPS) is 13.9. The van der Waals surface area contributed by atoms with Crippen molar-refractivity contribution in [2.75, 3.05) is 20.1 Å². The molecule has 1 unspecified atom stereocenters. The lowest BCUT2D eigenvalue weighted by Crippen LogP contribution is -2.37. The van der Waals surface area contributed by atoms with Gasteiger partial charge in [-0.1, -0.05) is 12.1 Å². The van der Waals surface area contributed by atoms with Crippen LogP contribution in [0, 0.1) is 12.7 Å². The summed E-state index contributed by atoms with van der Waals surface area (Å²) in [6, 6.07) is 4.81. The van der Waals surface area contributed by atoms with Crippen molar-refractivity contribution in [3.05, 3.63) is 35.1 Å². The summed E-state index contributed by atoms with van der Waals surface area (Å²) in [6.07, 6.45) is -0.172. The van der Waals surface area contributed by atoms with Gasteiger partial charge in [-0.05, 0) is 51.4 Å². The average Bonchev–Trinajstić information content (AvgIpc) is 2.27. The lowest BCUT2D eigenvalue weighted by atomic mass is 10.0. The first-order valence-electron chi connectivity index (χ1n) is 6.54. The highest BCUT2D eigenvalue weighted by Gasteiger charge is 2.17. The van der Waals surface area contributed by atoms with Gasteiger partial charge in [0, 0.05) is 13.1 Å². The van der Waals surface area contributed by atoms with Crippen molar-refractivity contribution >= 4 is 0 Å². The molecule has 0 aliphatic rings. The Hall–Kier alpha value is -0.970. The van der Waals surface area contributed by atoms with E-state index in [0.29, 0.717) is 30.6 Å². The number of benzene rings is 1. The maximum atomic E-state index is 13.4. The van der Waals surface area contributed by atoms with Gasteiger partial charge in [0.2, 0.25) is 0 Å². The molecule has 0 aliphatic carbocycles. The zero-order valence-corrected chi connectivity index (χ0v) is 12.2. The lowest BCUT2D eigenvalue weighted by molar-refractivity contribution is 0.0393. The van der Waals surface area contributed by atoms with Gasteiger partial charge in [-0.3, -0.25) is 0 Å². The highest BCUT2D eigenvalue weighted by atomic mass is 19.1. The molecule has 4 heteroatoms. The molecule has 108 valence electrons. The Bertz CT molecular complexity index is 415. The number of likely N-dealkylation sites (N-methyl/N-ethyl adjacent to an activating group) is 1. The molecule has 0 spiro atoms. The van der Waals surface area contributed by atoms with Crippen LogP contribution in [0.3, 0.4) is 0 Å². The summed E-state index contributed by atoms with van der Waals surface area (Å²) in [5.74, 6) is -0.290. The van der Waals surface area contributed by atoms with Crippen molar-refractivity contribution in [3.8, 4) is 0 Å². The Morgan fingerprint density at radius 2 is 2.00 bits per heavy atom. The van der Waals surface area contributed by atoms with Gasteiger partial charge in [0.25, 0.3) is 0 Å². The quantitative estimate of drug-likeness (QED) is 0.832. The number of aliphatic hydroxyl groups excluding tert-OH is 1. The molecule has 0 aliphatic heterocycles. The van der Waals surface area contributed by atoms with E-state index in [9.17, 15) is 14.6 Å². The van der Waals surface area contributed by atoms with Crippen LogP contribution in [0.2, 0.25) is 0 Å². The van der Waals surface area contributed by atoms with E-state index >= 15 is 0 Å². The lowest BCUT2D eigenvalue weighted by Gasteiger charge is -2.26. The van der Waals surface area contributed by atoms with Crippen LogP contribution in [0.5, 0.6) is 0 Å². The highest BCUT2D eigenvalue weighted by Crippen LogP contribution is 2.19. The summed E-state index contributed by atoms with van der Waals surface area (Å²) in [6.45, 7) is 6.36. The summed E-state index contributed by atoms with van der Waals surface area (Å²) in [5.41, 5.74) is 0.421. The van der Waals surface area contributed by atoms with Crippen molar-refractivity contribution in [3.63, 3.8) is 0 Å². The fraction of sp³-hybridized carbons (Fsp3) is 0.600. The molecular formula is C15H24FNO2. The molecule has 0 heterocycles. The summed E-state index contributed by atoms with van der Waals surface area (Å²) in [5, 5.41) is 19.7. The molecular weight excluding hydrogens is 245 g/mol. The third-order valence-corrected chi connectivity index (χ3v) is 3.02. The van der Waals surface area contributed by atoms with E-state index in [2.05, 4.69) is 0 Å². The standard InChI is InChI=1S/C15H24FNO2/c1-11-5-6-12(9-13(11)16)14(18)7-8-17(4)10-15(2,3)19/h5-6,9,14,18-19H,7-8,10H2,1-4H3. The Morgan fingerprint density at radius 1 is 1.37 bits per heavy atom. The third-order valence-electron chi connectivity index (χ3n) is 3.02. The smallest absolute Gasteiger partial charge is 0.126 e. The second kappa shape index (κ2) is 6.46. The van der Waals surface area contributed by atoms with Gasteiger partial charge in [0.15, 0.2) is 0 Å². The predicted octanol–water partition coefficient (Wildman–Crippen LogP) is 2.26. The summed E-state index contributed by atoms with van der Waals surface area (Å²) >= 11 is 0. The Morgan fingerprint density at radius 3 is 2.53 bits per heavy atom. The van der Waals surface area contributed by atoms with Gasteiger partial charge in [-0.15, -0.1) is 0 Å². The summed E-state index contributed by atoms with van der Waals surface area (Å²) < 4.78 is 13.4. The van der Waals surface area contributed by atoms with E-state index in [1.165, 1.54) is 6.07 Å². The number of aliphatic hydroxyl groups is 2. The van der Waals surface area contributed by atoms with Crippen LogP contribution in [0.1, 0.15) is 37.5 Å². The van der Waals surface area contributed by atoms with Crippen molar-refractivity contribution in [2.24, 2.45) is 0 Å².